The van der Waals surface area contributed by atoms with Crippen LogP contribution in [0.25, 0.3) is 0 Å². The van der Waals surface area contributed by atoms with Crippen molar-refractivity contribution in [3.05, 3.63) is 54.2 Å². The lowest BCUT2D eigenvalue weighted by Crippen LogP contribution is -2.39. The van der Waals surface area contributed by atoms with Gasteiger partial charge in [0.05, 0.1) is 6.61 Å². The SMILES string of the molecule is Nc1ncccc1S(=O)(=O)NC(CO)Cc1ccccc1. The molecule has 2 aromatic rings. The predicted octanol–water partition coefficient (Wildman–Crippen LogP) is 0.546. The van der Waals surface area contributed by atoms with Crippen LogP contribution in [-0.2, 0) is 16.4 Å². The fraction of sp³-hybridized carbons (Fsp3) is 0.214. The number of aliphatic hydroxyl groups excluding tert-OH is 1. The van der Waals surface area contributed by atoms with Crippen LogP contribution in [0.1, 0.15) is 5.56 Å². The molecule has 0 radical (unpaired) electrons. The Morgan fingerprint density at radius 1 is 1.19 bits per heavy atom. The molecule has 0 aliphatic carbocycles. The maximum Gasteiger partial charge on any atom is 0.244 e. The van der Waals surface area contributed by atoms with Gasteiger partial charge in [0.2, 0.25) is 10.0 Å². The quantitative estimate of drug-likeness (QED) is 0.722. The molecule has 1 aromatic carbocycles. The average molecular weight is 307 g/mol. The molecule has 0 spiro atoms. The van der Waals surface area contributed by atoms with Gasteiger partial charge in [0.15, 0.2) is 0 Å². The van der Waals surface area contributed by atoms with Crippen LogP contribution in [0, 0.1) is 0 Å². The van der Waals surface area contributed by atoms with E-state index < -0.39 is 16.1 Å². The number of nitrogens with zero attached hydrogens (tertiary/aromatic N) is 1. The molecule has 0 fully saturated rings. The first-order valence-corrected chi connectivity index (χ1v) is 7.89. The predicted molar refractivity (Wildman–Crippen MR) is 80.0 cm³/mol. The molecule has 4 N–H and O–H groups in total. The molecule has 6 nitrogen and oxygen atoms in total. The molecule has 0 amide bonds. The molecule has 1 atom stereocenters. The second-order valence-electron chi connectivity index (χ2n) is 4.58. The van der Waals surface area contributed by atoms with Crippen molar-refractivity contribution < 1.29 is 13.5 Å². The van der Waals surface area contributed by atoms with Crippen LogP contribution in [0.5, 0.6) is 0 Å². The van der Waals surface area contributed by atoms with Gasteiger partial charge in [0.1, 0.15) is 10.7 Å². The van der Waals surface area contributed by atoms with E-state index in [0.29, 0.717) is 6.42 Å². The number of sulfonamides is 1. The molecule has 7 heteroatoms. The van der Waals surface area contributed by atoms with E-state index in [0.717, 1.165) is 5.56 Å². The third-order valence-electron chi connectivity index (χ3n) is 2.96. The lowest BCUT2D eigenvalue weighted by Gasteiger charge is -2.17. The van der Waals surface area contributed by atoms with E-state index in [1.807, 2.05) is 30.3 Å². The third-order valence-corrected chi connectivity index (χ3v) is 4.52. The number of aromatic nitrogens is 1. The second-order valence-corrected chi connectivity index (χ2v) is 6.26. The molecular weight excluding hydrogens is 290 g/mol. The number of pyridine rings is 1. The van der Waals surface area contributed by atoms with Crippen LogP contribution in [0.15, 0.2) is 53.6 Å². The molecule has 2 rings (SSSR count). The molecule has 0 saturated heterocycles. The van der Waals surface area contributed by atoms with Gasteiger partial charge >= 0.3 is 0 Å². The monoisotopic (exact) mass is 307 g/mol. The smallest absolute Gasteiger partial charge is 0.244 e. The van der Waals surface area contributed by atoms with Gasteiger partial charge in [-0.3, -0.25) is 0 Å². The van der Waals surface area contributed by atoms with Gasteiger partial charge in [-0.2, -0.15) is 0 Å². The summed E-state index contributed by atoms with van der Waals surface area (Å²) < 4.78 is 27.0. The van der Waals surface area contributed by atoms with Crippen molar-refractivity contribution in [1.82, 2.24) is 9.71 Å². The van der Waals surface area contributed by atoms with Gasteiger partial charge in [-0.15, -0.1) is 0 Å². The van der Waals surface area contributed by atoms with E-state index in [-0.39, 0.29) is 17.3 Å². The van der Waals surface area contributed by atoms with E-state index in [1.54, 1.807) is 0 Å². The van der Waals surface area contributed by atoms with Crippen molar-refractivity contribution in [1.29, 1.82) is 0 Å². The highest BCUT2D eigenvalue weighted by Crippen LogP contribution is 2.15. The number of hydrogen-bond acceptors (Lipinski definition) is 5. The molecular formula is C14H17N3O3S. The first kappa shape index (κ1) is 15.4. The lowest BCUT2D eigenvalue weighted by molar-refractivity contribution is 0.256. The molecule has 0 aliphatic heterocycles. The Kier molecular flexibility index (Phi) is 4.89. The van der Waals surface area contributed by atoms with Crippen molar-refractivity contribution >= 4 is 15.8 Å². The van der Waals surface area contributed by atoms with Gasteiger partial charge in [0, 0.05) is 12.2 Å². The molecule has 1 aromatic heterocycles. The normalized spacial score (nSPS) is 13.0. The van der Waals surface area contributed by atoms with E-state index in [4.69, 9.17) is 5.73 Å². The Bertz CT molecular complexity index is 690. The van der Waals surface area contributed by atoms with E-state index in [1.165, 1.54) is 18.3 Å². The first-order chi connectivity index (χ1) is 10.0. The summed E-state index contributed by atoms with van der Waals surface area (Å²) in [5, 5.41) is 9.39. The number of benzene rings is 1. The Labute approximate surface area is 123 Å². The Morgan fingerprint density at radius 3 is 2.52 bits per heavy atom. The van der Waals surface area contributed by atoms with Crippen LogP contribution >= 0.6 is 0 Å². The number of anilines is 1. The topological polar surface area (TPSA) is 105 Å². The van der Waals surface area contributed by atoms with Crippen LogP contribution in [-0.4, -0.2) is 31.2 Å². The number of rotatable bonds is 6. The number of nitrogens with one attached hydrogen (secondary N) is 1. The minimum Gasteiger partial charge on any atom is -0.395 e. The van der Waals surface area contributed by atoms with Crippen molar-refractivity contribution in [3.8, 4) is 0 Å². The van der Waals surface area contributed by atoms with E-state index >= 15 is 0 Å². The molecule has 1 unspecified atom stereocenters. The molecule has 112 valence electrons. The number of nitrogen functional groups attached to an aromatic ring is 1. The summed E-state index contributed by atoms with van der Waals surface area (Å²) in [5.41, 5.74) is 6.51. The lowest BCUT2D eigenvalue weighted by atomic mass is 10.1. The van der Waals surface area contributed by atoms with E-state index in [2.05, 4.69) is 9.71 Å². The zero-order chi connectivity index (χ0) is 15.3. The van der Waals surface area contributed by atoms with Gasteiger partial charge < -0.3 is 10.8 Å². The number of nitrogens with two attached hydrogens (primary N) is 1. The Morgan fingerprint density at radius 2 is 1.90 bits per heavy atom. The van der Waals surface area contributed by atoms with Crippen molar-refractivity contribution in [3.63, 3.8) is 0 Å². The maximum absolute atomic E-state index is 12.3. The molecule has 21 heavy (non-hydrogen) atoms. The third kappa shape index (κ3) is 4.01. The van der Waals surface area contributed by atoms with Crippen LogP contribution in [0.2, 0.25) is 0 Å². The standard InChI is InChI=1S/C14H17N3O3S/c15-14-13(7-4-8-16-14)21(19,20)17-12(10-18)9-11-5-2-1-3-6-11/h1-8,12,17-18H,9-10H2,(H2,15,16). The number of aliphatic hydroxyl groups is 1. The van der Waals surface area contributed by atoms with Crippen LogP contribution in [0.4, 0.5) is 5.82 Å². The van der Waals surface area contributed by atoms with Crippen molar-refractivity contribution in [2.24, 2.45) is 0 Å². The summed E-state index contributed by atoms with van der Waals surface area (Å²) >= 11 is 0. The summed E-state index contributed by atoms with van der Waals surface area (Å²) in [6.45, 7) is -0.311. The zero-order valence-corrected chi connectivity index (χ0v) is 12.1. The van der Waals surface area contributed by atoms with Crippen molar-refractivity contribution in [2.75, 3.05) is 12.3 Å². The molecule has 0 bridgehead atoms. The van der Waals surface area contributed by atoms with Crippen LogP contribution in [0.3, 0.4) is 0 Å². The second kappa shape index (κ2) is 6.66. The Hall–Kier alpha value is -1.96. The fourth-order valence-corrected chi connectivity index (χ4v) is 3.26. The van der Waals surface area contributed by atoms with Gasteiger partial charge in [-0.25, -0.2) is 18.1 Å². The highest BCUT2D eigenvalue weighted by molar-refractivity contribution is 7.89. The van der Waals surface area contributed by atoms with E-state index in [9.17, 15) is 13.5 Å². The minimum atomic E-state index is -3.82. The minimum absolute atomic E-state index is 0.0681. The highest BCUT2D eigenvalue weighted by Gasteiger charge is 2.22. The summed E-state index contributed by atoms with van der Waals surface area (Å²) in [6, 6.07) is 11.6. The average Bonchev–Trinajstić information content (AvgIpc) is 2.47. The van der Waals surface area contributed by atoms with Gasteiger partial charge in [-0.05, 0) is 24.1 Å². The zero-order valence-electron chi connectivity index (χ0n) is 11.3. The highest BCUT2D eigenvalue weighted by atomic mass is 32.2. The molecule has 0 saturated carbocycles. The van der Waals surface area contributed by atoms with Gasteiger partial charge in [0.25, 0.3) is 0 Å². The number of hydrogen-bond donors (Lipinski definition) is 3. The van der Waals surface area contributed by atoms with Crippen molar-refractivity contribution in [2.45, 2.75) is 17.4 Å². The molecule has 1 heterocycles. The van der Waals surface area contributed by atoms with Crippen LogP contribution < -0.4 is 10.5 Å². The molecule has 0 aliphatic rings. The summed E-state index contributed by atoms with van der Waals surface area (Å²) in [6.07, 6.45) is 1.80. The summed E-state index contributed by atoms with van der Waals surface area (Å²) in [5.74, 6) is -0.0681. The first-order valence-electron chi connectivity index (χ1n) is 6.40. The summed E-state index contributed by atoms with van der Waals surface area (Å²) in [4.78, 5) is 3.67. The largest absolute Gasteiger partial charge is 0.395 e. The van der Waals surface area contributed by atoms with Gasteiger partial charge in [-0.1, -0.05) is 30.3 Å². The maximum atomic E-state index is 12.3. The summed E-state index contributed by atoms with van der Waals surface area (Å²) in [7, 11) is -3.82. The Balaban J connectivity index is 2.16. The fourth-order valence-electron chi connectivity index (χ4n) is 1.95.